The number of alkyl halides is 3. The topological polar surface area (TPSA) is 32.7 Å². The van der Waals surface area contributed by atoms with Gasteiger partial charge >= 0.3 is 6.18 Å². The van der Waals surface area contributed by atoms with Gasteiger partial charge in [-0.15, -0.1) is 0 Å². The first-order valence-electron chi connectivity index (χ1n) is 6.53. The first kappa shape index (κ1) is 15.1. The molecule has 1 aliphatic rings. The lowest BCUT2D eigenvalue weighted by atomic mass is 10.1. The largest absolute Gasteiger partial charge is 0.488 e. The van der Waals surface area contributed by atoms with Crippen LogP contribution in [0.2, 0.25) is 0 Å². The van der Waals surface area contributed by atoms with Crippen LogP contribution in [0.5, 0.6) is 5.75 Å². The van der Waals surface area contributed by atoms with Gasteiger partial charge in [-0.05, 0) is 18.6 Å². The predicted octanol–water partition coefficient (Wildman–Crippen LogP) is 2.16. The van der Waals surface area contributed by atoms with E-state index in [2.05, 4.69) is 0 Å². The molecule has 0 fully saturated rings. The Morgan fingerprint density at radius 1 is 1.40 bits per heavy atom. The average molecular weight is 289 g/mol. The van der Waals surface area contributed by atoms with Crippen molar-refractivity contribution in [1.29, 1.82) is 0 Å². The number of hydrogen-bond donors (Lipinski definition) is 1. The summed E-state index contributed by atoms with van der Waals surface area (Å²) in [5, 5.41) is 8.87. The maximum Gasteiger partial charge on any atom is 0.401 e. The molecule has 3 nitrogen and oxygen atoms in total. The van der Waals surface area contributed by atoms with Gasteiger partial charge in [-0.25, -0.2) is 0 Å². The van der Waals surface area contributed by atoms with Gasteiger partial charge < -0.3 is 9.84 Å². The molecule has 0 amide bonds. The van der Waals surface area contributed by atoms with Gasteiger partial charge in [0.25, 0.3) is 0 Å². The normalized spacial score (nSPS) is 18.2. The van der Waals surface area contributed by atoms with Gasteiger partial charge in [-0.3, -0.25) is 4.90 Å². The molecule has 0 saturated carbocycles. The molecule has 1 aliphatic heterocycles. The minimum atomic E-state index is -4.27. The average Bonchev–Trinajstić information content (AvgIpc) is 2.68. The van der Waals surface area contributed by atoms with Crippen LogP contribution in [0.4, 0.5) is 13.2 Å². The fourth-order valence-corrected chi connectivity index (χ4v) is 2.47. The number of ether oxygens (including phenoxy) is 1. The van der Waals surface area contributed by atoms with E-state index in [-0.39, 0.29) is 25.8 Å². The highest BCUT2D eigenvalue weighted by Gasteiger charge is 2.33. The molecule has 1 aromatic rings. The van der Waals surface area contributed by atoms with E-state index in [1.54, 1.807) is 0 Å². The van der Waals surface area contributed by atoms with Crippen molar-refractivity contribution in [2.24, 2.45) is 0 Å². The van der Waals surface area contributed by atoms with E-state index in [1.165, 1.54) is 4.90 Å². The van der Waals surface area contributed by atoms with Crippen molar-refractivity contribution in [1.82, 2.24) is 4.90 Å². The molecule has 1 N–H and O–H groups in total. The molecule has 0 radical (unpaired) electrons. The van der Waals surface area contributed by atoms with E-state index in [4.69, 9.17) is 9.84 Å². The lowest BCUT2D eigenvalue weighted by molar-refractivity contribution is -0.148. The Morgan fingerprint density at radius 3 is 2.80 bits per heavy atom. The number of fused-ring (bicyclic) bond motifs is 1. The van der Waals surface area contributed by atoms with Crippen LogP contribution in [0, 0.1) is 6.92 Å². The second kappa shape index (κ2) is 6.01. The smallest absolute Gasteiger partial charge is 0.401 e. The second-order valence-electron chi connectivity index (χ2n) is 5.13. The van der Waals surface area contributed by atoms with Crippen molar-refractivity contribution in [3.8, 4) is 5.75 Å². The number of halogens is 3. The molecule has 0 aliphatic carbocycles. The van der Waals surface area contributed by atoms with Crippen molar-refractivity contribution < 1.29 is 23.0 Å². The van der Waals surface area contributed by atoms with Crippen LogP contribution in [0.25, 0.3) is 0 Å². The van der Waals surface area contributed by atoms with E-state index < -0.39 is 12.7 Å². The van der Waals surface area contributed by atoms with Crippen molar-refractivity contribution in [3.63, 3.8) is 0 Å². The molecule has 0 aromatic heterocycles. The van der Waals surface area contributed by atoms with E-state index in [0.717, 1.165) is 16.9 Å². The Hall–Kier alpha value is -1.27. The van der Waals surface area contributed by atoms with Crippen LogP contribution < -0.4 is 4.74 Å². The second-order valence-corrected chi connectivity index (χ2v) is 5.13. The summed E-state index contributed by atoms with van der Waals surface area (Å²) in [5.41, 5.74) is 2.14. The summed E-state index contributed by atoms with van der Waals surface area (Å²) < 4.78 is 43.0. The van der Waals surface area contributed by atoms with Crippen molar-refractivity contribution in [2.75, 3.05) is 26.2 Å². The predicted molar refractivity (Wildman–Crippen MR) is 68.9 cm³/mol. The van der Waals surface area contributed by atoms with Gasteiger partial charge in [0.1, 0.15) is 11.9 Å². The van der Waals surface area contributed by atoms with E-state index in [1.807, 2.05) is 25.1 Å². The Bertz CT molecular complexity index is 462. The Kier molecular flexibility index (Phi) is 4.55. The summed E-state index contributed by atoms with van der Waals surface area (Å²) in [6, 6.07) is 5.77. The van der Waals surface area contributed by atoms with Crippen molar-refractivity contribution in [3.05, 3.63) is 29.3 Å². The lowest BCUT2D eigenvalue weighted by Gasteiger charge is -2.25. The molecule has 0 spiro atoms. The van der Waals surface area contributed by atoms with Crippen LogP contribution in [-0.4, -0.2) is 48.5 Å². The number of rotatable bonds is 5. The molecular weight excluding hydrogens is 271 g/mol. The number of aliphatic hydroxyl groups excluding tert-OH is 1. The number of aryl methyl sites for hydroxylation is 1. The molecule has 20 heavy (non-hydrogen) atoms. The van der Waals surface area contributed by atoms with E-state index in [9.17, 15) is 13.2 Å². The summed E-state index contributed by atoms with van der Waals surface area (Å²) in [7, 11) is 0. The van der Waals surface area contributed by atoms with Gasteiger partial charge in [0, 0.05) is 19.5 Å². The monoisotopic (exact) mass is 289 g/mol. The van der Waals surface area contributed by atoms with Crippen LogP contribution in [-0.2, 0) is 6.42 Å². The number of nitrogens with zero attached hydrogens (tertiary/aromatic N) is 1. The van der Waals surface area contributed by atoms with Gasteiger partial charge in [0.15, 0.2) is 0 Å². The Morgan fingerprint density at radius 2 is 2.15 bits per heavy atom. The quantitative estimate of drug-likeness (QED) is 0.901. The molecule has 112 valence electrons. The number of hydrogen-bond acceptors (Lipinski definition) is 3. The van der Waals surface area contributed by atoms with Gasteiger partial charge in [0.05, 0.1) is 13.2 Å². The zero-order valence-corrected chi connectivity index (χ0v) is 11.3. The number of aliphatic hydroxyl groups is 1. The molecular formula is C14H18F3NO2. The molecule has 1 atom stereocenters. The third kappa shape index (κ3) is 4.11. The first-order chi connectivity index (χ1) is 9.37. The van der Waals surface area contributed by atoms with Crippen molar-refractivity contribution in [2.45, 2.75) is 25.6 Å². The SMILES string of the molecule is Cc1ccc2c(c1)CC(CN(CCO)CC(F)(F)F)O2. The summed E-state index contributed by atoms with van der Waals surface area (Å²) in [5.74, 6) is 0.747. The van der Waals surface area contributed by atoms with E-state index >= 15 is 0 Å². The number of benzene rings is 1. The third-order valence-electron chi connectivity index (χ3n) is 3.24. The summed E-state index contributed by atoms with van der Waals surface area (Å²) in [4.78, 5) is 1.18. The fraction of sp³-hybridized carbons (Fsp3) is 0.571. The summed E-state index contributed by atoms with van der Waals surface area (Å²) >= 11 is 0. The van der Waals surface area contributed by atoms with Crippen LogP contribution in [0.1, 0.15) is 11.1 Å². The van der Waals surface area contributed by atoms with Crippen LogP contribution >= 0.6 is 0 Å². The minimum absolute atomic E-state index is 0.00522. The van der Waals surface area contributed by atoms with E-state index in [0.29, 0.717) is 6.42 Å². The molecule has 6 heteroatoms. The molecule has 0 saturated heterocycles. The molecule has 0 bridgehead atoms. The zero-order chi connectivity index (χ0) is 14.8. The first-order valence-corrected chi connectivity index (χ1v) is 6.53. The fourth-order valence-electron chi connectivity index (χ4n) is 2.47. The van der Waals surface area contributed by atoms with Gasteiger partial charge in [0.2, 0.25) is 0 Å². The molecule has 1 aromatic carbocycles. The van der Waals surface area contributed by atoms with Gasteiger partial charge in [-0.2, -0.15) is 13.2 Å². The maximum absolute atomic E-state index is 12.5. The lowest BCUT2D eigenvalue weighted by Crippen LogP contribution is -2.42. The molecule has 1 unspecified atom stereocenters. The Labute approximate surface area is 116 Å². The summed E-state index contributed by atoms with van der Waals surface area (Å²) in [6.07, 6.45) is -3.95. The molecule has 1 heterocycles. The van der Waals surface area contributed by atoms with Gasteiger partial charge in [-0.1, -0.05) is 17.7 Å². The highest BCUT2D eigenvalue weighted by atomic mass is 19.4. The standard InChI is InChI=1S/C14H18F3NO2/c1-10-2-3-13-11(6-10)7-12(20-13)8-18(4-5-19)9-14(15,16)17/h2-3,6,12,19H,4-5,7-9H2,1H3. The van der Waals surface area contributed by atoms with Crippen LogP contribution in [0.15, 0.2) is 18.2 Å². The minimum Gasteiger partial charge on any atom is -0.488 e. The zero-order valence-electron chi connectivity index (χ0n) is 11.3. The Balaban J connectivity index is 1.96. The molecule has 2 rings (SSSR count). The highest BCUT2D eigenvalue weighted by molar-refractivity contribution is 5.40. The van der Waals surface area contributed by atoms with Crippen LogP contribution in [0.3, 0.4) is 0 Å². The third-order valence-corrected chi connectivity index (χ3v) is 3.24. The summed E-state index contributed by atoms with van der Waals surface area (Å²) in [6.45, 7) is 0.801. The maximum atomic E-state index is 12.5. The van der Waals surface area contributed by atoms with Crippen molar-refractivity contribution >= 4 is 0 Å². The highest BCUT2D eigenvalue weighted by Crippen LogP contribution is 2.30.